The summed E-state index contributed by atoms with van der Waals surface area (Å²) in [7, 11) is 1.95. The molecule has 1 aromatic heterocycles. The summed E-state index contributed by atoms with van der Waals surface area (Å²) in [6.45, 7) is 6.47. The Kier molecular flexibility index (Phi) is 4.94. The van der Waals surface area contributed by atoms with Gasteiger partial charge >= 0.3 is 0 Å². The number of nitrogens with zero attached hydrogens (tertiary/aromatic N) is 2. The molecule has 0 aliphatic carbocycles. The molecule has 0 aliphatic heterocycles. The predicted molar refractivity (Wildman–Crippen MR) is 83.5 cm³/mol. The van der Waals surface area contributed by atoms with E-state index in [-0.39, 0.29) is 12.0 Å². The van der Waals surface area contributed by atoms with Gasteiger partial charge in [0.2, 0.25) is 11.7 Å². The standard InChI is InChI=1S/C15H20BrN3O/c1-9(2)13(10(3)17-4)15-18-14(19-20-15)11-6-5-7-12(16)8-11/h5-10,13,17H,1-4H3. The molecule has 2 unspecified atom stereocenters. The highest BCUT2D eigenvalue weighted by Crippen LogP contribution is 2.29. The van der Waals surface area contributed by atoms with E-state index in [0.29, 0.717) is 17.6 Å². The lowest BCUT2D eigenvalue weighted by Crippen LogP contribution is -2.32. The Balaban J connectivity index is 2.32. The molecule has 0 fully saturated rings. The zero-order valence-electron chi connectivity index (χ0n) is 12.2. The first-order valence-electron chi connectivity index (χ1n) is 6.79. The van der Waals surface area contributed by atoms with Crippen LogP contribution in [0, 0.1) is 5.92 Å². The smallest absolute Gasteiger partial charge is 0.231 e. The van der Waals surface area contributed by atoms with Crippen molar-refractivity contribution in [2.45, 2.75) is 32.7 Å². The quantitative estimate of drug-likeness (QED) is 0.900. The summed E-state index contributed by atoms with van der Waals surface area (Å²) >= 11 is 3.46. The second kappa shape index (κ2) is 6.50. The maximum Gasteiger partial charge on any atom is 0.231 e. The van der Waals surface area contributed by atoms with Crippen LogP contribution in [0.15, 0.2) is 33.3 Å². The molecule has 20 heavy (non-hydrogen) atoms. The lowest BCUT2D eigenvalue weighted by Gasteiger charge is -2.23. The van der Waals surface area contributed by atoms with E-state index in [9.17, 15) is 0 Å². The minimum Gasteiger partial charge on any atom is -0.339 e. The minimum absolute atomic E-state index is 0.202. The third-order valence-corrected chi connectivity index (χ3v) is 4.02. The van der Waals surface area contributed by atoms with Crippen molar-refractivity contribution in [1.29, 1.82) is 0 Å². The normalized spacial score (nSPS) is 14.5. The van der Waals surface area contributed by atoms with Crippen molar-refractivity contribution < 1.29 is 4.52 Å². The molecular weight excluding hydrogens is 318 g/mol. The molecule has 0 radical (unpaired) electrons. The van der Waals surface area contributed by atoms with Crippen LogP contribution in [0.1, 0.15) is 32.6 Å². The van der Waals surface area contributed by atoms with Crippen molar-refractivity contribution in [3.63, 3.8) is 0 Å². The van der Waals surface area contributed by atoms with E-state index in [2.05, 4.69) is 52.2 Å². The van der Waals surface area contributed by atoms with Gasteiger partial charge in [-0.1, -0.05) is 47.1 Å². The van der Waals surface area contributed by atoms with E-state index in [1.807, 2.05) is 31.3 Å². The summed E-state index contributed by atoms with van der Waals surface area (Å²) < 4.78 is 6.49. The monoisotopic (exact) mass is 337 g/mol. The highest BCUT2D eigenvalue weighted by molar-refractivity contribution is 9.10. The first-order chi connectivity index (χ1) is 9.52. The molecule has 0 saturated carbocycles. The van der Waals surface area contributed by atoms with Gasteiger partial charge in [-0.3, -0.25) is 0 Å². The minimum atomic E-state index is 0.202. The van der Waals surface area contributed by atoms with E-state index >= 15 is 0 Å². The van der Waals surface area contributed by atoms with Crippen LogP contribution in [0.3, 0.4) is 0 Å². The maximum atomic E-state index is 5.49. The SMILES string of the molecule is CNC(C)C(c1nc(-c2cccc(Br)c2)no1)C(C)C. The summed E-state index contributed by atoms with van der Waals surface area (Å²) in [5.74, 6) is 1.95. The van der Waals surface area contributed by atoms with E-state index < -0.39 is 0 Å². The van der Waals surface area contributed by atoms with Crippen LogP contribution >= 0.6 is 15.9 Å². The molecule has 2 atom stereocenters. The van der Waals surface area contributed by atoms with Crippen LogP contribution in [0.2, 0.25) is 0 Å². The van der Waals surface area contributed by atoms with Crippen LogP contribution < -0.4 is 5.32 Å². The molecule has 0 spiro atoms. The van der Waals surface area contributed by atoms with Crippen molar-refractivity contribution in [2.24, 2.45) is 5.92 Å². The van der Waals surface area contributed by atoms with Gasteiger partial charge in [-0.05, 0) is 32.0 Å². The third kappa shape index (κ3) is 3.27. The Morgan fingerprint density at radius 1 is 1.25 bits per heavy atom. The molecule has 0 bridgehead atoms. The van der Waals surface area contributed by atoms with Gasteiger partial charge in [0.25, 0.3) is 0 Å². The number of hydrogen-bond acceptors (Lipinski definition) is 4. The van der Waals surface area contributed by atoms with Gasteiger partial charge in [-0.15, -0.1) is 0 Å². The predicted octanol–water partition coefficient (Wildman–Crippen LogP) is 3.85. The number of halogens is 1. The summed E-state index contributed by atoms with van der Waals surface area (Å²) in [6, 6.07) is 8.19. The summed E-state index contributed by atoms with van der Waals surface area (Å²) in [5, 5.41) is 7.38. The Morgan fingerprint density at radius 2 is 2.00 bits per heavy atom. The second-order valence-electron chi connectivity index (χ2n) is 5.31. The van der Waals surface area contributed by atoms with Crippen LogP contribution in [0.5, 0.6) is 0 Å². The largest absolute Gasteiger partial charge is 0.339 e. The van der Waals surface area contributed by atoms with Gasteiger partial charge in [0.1, 0.15) is 0 Å². The average Bonchev–Trinajstić information content (AvgIpc) is 2.87. The Labute approximate surface area is 128 Å². The summed E-state index contributed by atoms with van der Waals surface area (Å²) in [5.41, 5.74) is 0.953. The van der Waals surface area contributed by atoms with Crippen LogP contribution in [-0.4, -0.2) is 23.2 Å². The molecular formula is C15H20BrN3O. The van der Waals surface area contributed by atoms with Gasteiger partial charge in [0.05, 0.1) is 5.92 Å². The Morgan fingerprint density at radius 3 is 2.60 bits per heavy atom. The van der Waals surface area contributed by atoms with Crippen molar-refractivity contribution in [3.05, 3.63) is 34.6 Å². The van der Waals surface area contributed by atoms with Gasteiger partial charge in [0, 0.05) is 16.1 Å². The molecule has 2 aromatic rings. The first kappa shape index (κ1) is 15.2. The molecule has 0 aliphatic rings. The van der Waals surface area contributed by atoms with Crippen LogP contribution in [0.25, 0.3) is 11.4 Å². The van der Waals surface area contributed by atoms with E-state index in [4.69, 9.17) is 4.52 Å². The summed E-state index contributed by atoms with van der Waals surface area (Å²) in [4.78, 5) is 4.57. The fraction of sp³-hybridized carbons (Fsp3) is 0.467. The van der Waals surface area contributed by atoms with Crippen molar-refractivity contribution in [2.75, 3.05) is 7.05 Å². The number of nitrogens with one attached hydrogen (secondary N) is 1. The van der Waals surface area contributed by atoms with Crippen LogP contribution in [-0.2, 0) is 0 Å². The van der Waals surface area contributed by atoms with Crippen molar-refractivity contribution in [1.82, 2.24) is 15.5 Å². The average molecular weight is 338 g/mol. The first-order valence-corrected chi connectivity index (χ1v) is 7.59. The fourth-order valence-electron chi connectivity index (χ4n) is 2.37. The molecule has 2 rings (SSSR count). The van der Waals surface area contributed by atoms with Gasteiger partial charge in [0.15, 0.2) is 0 Å². The lowest BCUT2D eigenvalue weighted by molar-refractivity contribution is 0.286. The number of aromatic nitrogens is 2. The highest BCUT2D eigenvalue weighted by atomic mass is 79.9. The zero-order chi connectivity index (χ0) is 14.7. The number of rotatable bonds is 5. The Hall–Kier alpha value is -1.20. The van der Waals surface area contributed by atoms with Crippen LogP contribution in [0.4, 0.5) is 0 Å². The zero-order valence-corrected chi connectivity index (χ0v) is 13.8. The maximum absolute atomic E-state index is 5.49. The number of likely N-dealkylation sites (N-methyl/N-ethyl adjacent to an activating group) is 1. The van der Waals surface area contributed by atoms with Crippen molar-refractivity contribution in [3.8, 4) is 11.4 Å². The molecule has 1 aromatic carbocycles. The van der Waals surface area contributed by atoms with E-state index in [1.165, 1.54) is 0 Å². The molecule has 4 nitrogen and oxygen atoms in total. The molecule has 1 N–H and O–H groups in total. The molecule has 1 heterocycles. The second-order valence-corrected chi connectivity index (χ2v) is 6.23. The molecule has 0 amide bonds. The van der Waals surface area contributed by atoms with E-state index in [0.717, 1.165) is 10.0 Å². The van der Waals surface area contributed by atoms with Gasteiger partial charge in [-0.2, -0.15) is 4.98 Å². The number of hydrogen-bond donors (Lipinski definition) is 1. The highest BCUT2D eigenvalue weighted by Gasteiger charge is 2.27. The van der Waals surface area contributed by atoms with Gasteiger partial charge in [-0.25, -0.2) is 0 Å². The molecule has 108 valence electrons. The fourth-order valence-corrected chi connectivity index (χ4v) is 2.77. The van der Waals surface area contributed by atoms with E-state index in [1.54, 1.807) is 0 Å². The third-order valence-electron chi connectivity index (χ3n) is 3.52. The summed E-state index contributed by atoms with van der Waals surface area (Å²) in [6.07, 6.45) is 0. The molecule has 0 saturated heterocycles. The van der Waals surface area contributed by atoms with Gasteiger partial charge < -0.3 is 9.84 Å². The molecule has 5 heteroatoms. The Bertz CT molecular complexity index is 568. The topological polar surface area (TPSA) is 51.0 Å². The van der Waals surface area contributed by atoms with Crippen molar-refractivity contribution >= 4 is 15.9 Å². The lowest BCUT2D eigenvalue weighted by atomic mass is 9.89. The number of benzene rings is 1.